The Bertz CT molecular complexity index is 703. The summed E-state index contributed by atoms with van der Waals surface area (Å²) in [5, 5.41) is 9.15. The third kappa shape index (κ3) is 13.5. The molecule has 0 spiro atoms. The molecule has 0 radical (unpaired) electrons. The van der Waals surface area contributed by atoms with E-state index in [0.717, 1.165) is 50.2 Å². The molecule has 0 aromatic heterocycles. The number of carboxylic acid groups (broad SMARTS) is 1. The lowest BCUT2D eigenvalue weighted by molar-refractivity contribution is -0.131. The first-order chi connectivity index (χ1) is 16.8. The fourth-order valence-electron chi connectivity index (χ4n) is 4.01. The third-order valence-electron chi connectivity index (χ3n) is 6.08. The minimum Gasteiger partial charge on any atom is -0.487 e. The van der Waals surface area contributed by atoms with Crippen LogP contribution in [0.1, 0.15) is 124 Å². The van der Waals surface area contributed by atoms with E-state index in [1.54, 1.807) is 6.08 Å². The molecule has 1 aromatic rings. The van der Waals surface area contributed by atoms with Crippen molar-refractivity contribution in [2.24, 2.45) is 0 Å². The van der Waals surface area contributed by atoms with Crippen molar-refractivity contribution >= 4 is 12.0 Å². The molecule has 0 saturated carbocycles. The molecule has 35 heavy (non-hydrogen) atoms. The molecule has 0 fully saturated rings. The highest BCUT2D eigenvalue weighted by Crippen LogP contribution is 2.42. The molecule has 200 valence electrons. The van der Waals surface area contributed by atoms with E-state index in [9.17, 15) is 4.79 Å². The molecule has 3 atom stereocenters. The summed E-state index contributed by atoms with van der Waals surface area (Å²) in [6.45, 7) is 12.8. The van der Waals surface area contributed by atoms with Crippen LogP contribution in [0.5, 0.6) is 17.2 Å². The quantitative estimate of drug-likeness (QED) is 0.146. The van der Waals surface area contributed by atoms with Crippen molar-refractivity contribution < 1.29 is 24.1 Å². The maximum atomic E-state index is 11.2. The first-order valence-electron chi connectivity index (χ1n) is 13.9. The van der Waals surface area contributed by atoms with Crippen LogP contribution in [-0.2, 0) is 4.79 Å². The molecule has 0 saturated heterocycles. The molecule has 0 amide bonds. The second-order valence-corrected chi connectivity index (χ2v) is 9.79. The van der Waals surface area contributed by atoms with Gasteiger partial charge >= 0.3 is 5.97 Å². The lowest BCUT2D eigenvalue weighted by Gasteiger charge is -2.25. The van der Waals surface area contributed by atoms with Gasteiger partial charge in [0.05, 0.1) is 18.3 Å². The van der Waals surface area contributed by atoms with Crippen LogP contribution in [0.2, 0.25) is 0 Å². The summed E-state index contributed by atoms with van der Waals surface area (Å²) < 4.78 is 19.3. The van der Waals surface area contributed by atoms with E-state index < -0.39 is 5.97 Å². The Morgan fingerprint density at radius 3 is 1.51 bits per heavy atom. The second kappa shape index (κ2) is 18.1. The topological polar surface area (TPSA) is 65.0 Å². The van der Waals surface area contributed by atoms with Gasteiger partial charge in [0, 0.05) is 6.08 Å². The maximum Gasteiger partial charge on any atom is 0.328 e. The smallest absolute Gasteiger partial charge is 0.328 e. The highest BCUT2D eigenvalue weighted by molar-refractivity contribution is 5.85. The molecule has 0 aliphatic carbocycles. The van der Waals surface area contributed by atoms with Crippen molar-refractivity contribution in [3.63, 3.8) is 0 Å². The van der Waals surface area contributed by atoms with Gasteiger partial charge < -0.3 is 19.3 Å². The normalized spacial score (nSPS) is 14.0. The highest BCUT2D eigenvalue weighted by atomic mass is 16.6. The Morgan fingerprint density at radius 2 is 1.14 bits per heavy atom. The first-order valence-corrected chi connectivity index (χ1v) is 13.9. The average molecular weight is 491 g/mol. The van der Waals surface area contributed by atoms with E-state index in [1.165, 1.54) is 38.5 Å². The molecule has 0 heterocycles. The summed E-state index contributed by atoms with van der Waals surface area (Å²) in [6, 6.07) is 3.75. The van der Waals surface area contributed by atoms with Gasteiger partial charge in [-0.3, -0.25) is 0 Å². The van der Waals surface area contributed by atoms with Crippen molar-refractivity contribution in [1.82, 2.24) is 0 Å². The third-order valence-corrected chi connectivity index (χ3v) is 6.08. The summed E-state index contributed by atoms with van der Waals surface area (Å²) in [4.78, 5) is 11.2. The Kier molecular flexibility index (Phi) is 16.0. The van der Waals surface area contributed by atoms with E-state index >= 15 is 0 Å². The van der Waals surface area contributed by atoms with E-state index in [0.29, 0.717) is 17.2 Å². The fourth-order valence-corrected chi connectivity index (χ4v) is 4.01. The van der Waals surface area contributed by atoms with Crippen molar-refractivity contribution in [1.29, 1.82) is 0 Å². The molecule has 0 bridgehead atoms. The van der Waals surface area contributed by atoms with Gasteiger partial charge in [-0.25, -0.2) is 4.79 Å². The van der Waals surface area contributed by atoms with Crippen LogP contribution in [0.15, 0.2) is 18.2 Å². The molecule has 0 aliphatic heterocycles. The summed E-state index contributed by atoms with van der Waals surface area (Å²) in [7, 11) is 0. The van der Waals surface area contributed by atoms with Crippen molar-refractivity contribution in [2.75, 3.05) is 0 Å². The molecule has 5 nitrogen and oxygen atoms in total. The van der Waals surface area contributed by atoms with Gasteiger partial charge in [-0.2, -0.15) is 0 Å². The zero-order valence-electron chi connectivity index (χ0n) is 23.1. The molecule has 0 aliphatic rings. The van der Waals surface area contributed by atoms with Crippen LogP contribution >= 0.6 is 0 Å². The number of carboxylic acids is 1. The van der Waals surface area contributed by atoms with Crippen LogP contribution < -0.4 is 14.2 Å². The number of hydrogen-bond donors (Lipinski definition) is 1. The number of carbonyl (C=O) groups is 1. The van der Waals surface area contributed by atoms with Crippen LogP contribution in [-0.4, -0.2) is 29.4 Å². The van der Waals surface area contributed by atoms with Gasteiger partial charge in [-0.1, -0.05) is 59.3 Å². The Morgan fingerprint density at radius 1 is 0.743 bits per heavy atom. The number of unbranched alkanes of at least 4 members (excludes halogenated alkanes) is 6. The lowest BCUT2D eigenvalue weighted by atomic mass is 10.1. The summed E-state index contributed by atoms with van der Waals surface area (Å²) >= 11 is 0. The molecule has 3 unspecified atom stereocenters. The fraction of sp³-hybridized carbons (Fsp3) is 0.700. The summed E-state index contributed by atoms with van der Waals surface area (Å²) in [6.07, 6.45) is 16.0. The van der Waals surface area contributed by atoms with E-state index in [-0.39, 0.29) is 18.3 Å². The maximum absolute atomic E-state index is 11.2. The van der Waals surface area contributed by atoms with Gasteiger partial charge in [-0.15, -0.1) is 0 Å². The first kappa shape index (κ1) is 30.9. The second-order valence-electron chi connectivity index (χ2n) is 9.79. The van der Waals surface area contributed by atoms with Crippen molar-refractivity contribution in [3.8, 4) is 17.2 Å². The standard InChI is InChI=1S/C30H50O5/c1-7-10-13-16-23(4)33-27-21-26(19-20-29(31)32)22-28(34-24(5)17-14-11-8-2)30(27)35-25(6)18-15-12-9-3/h19-25H,7-18H2,1-6H3,(H,31,32). The number of rotatable bonds is 20. The van der Waals surface area contributed by atoms with Crippen LogP contribution in [0, 0.1) is 0 Å². The minimum absolute atomic E-state index is 0.0211. The van der Waals surface area contributed by atoms with Crippen LogP contribution in [0.3, 0.4) is 0 Å². The number of hydrogen-bond acceptors (Lipinski definition) is 4. The van der Waals surface area contributed by atoms with Crippen LogP contribution in [0.25, 0.3) is 6.08 Å². The highest BCUT2D eigenvalue weighted by Gasteiger charge is 2.21. The summed E-state index contributed by atoms with van der Waals surface area (Å²) in [5.74, 6) is 0.895. The van der Waals surface area contributed by atoms with Crippen molar-refractivity contribution in [3.05, 3.63) is 23.8 Å². The van der Waals surface area contributed by atoms with Gasteiger partial charge in [0.2, 0.25) is 5.75 Å². The Hall–Kier alpha value is -2.17. The number of benzene rings is 1. The van der Waals surface area contributed by atoms with Crippen LogP contribution in [0.4, 0.5) is 0 Å². The Balaban J connectivity index is 3.30. The molecule has 1 rings (SSSR count). The van der Waals surface area contributed by atoms with Gasteiger partial charge in [0.15, 0.2) is 11.5 Å². The van der Waals surface area contributed by atoms with E-state index in [2.05, 4.69) is 41.5 Å². The summed E-state index contributed by atoms with van der Waals surface area (Å²) in [5.41, 5.74) is 0.727. The molecule has 1 aromatic carbocycles. The number of ether oxygens (including phenoxy) is 3. The van der Waals surface area contributed by atoms with Crippen molar-refractivity contribution in [2.45, 2.75) is 137 Å². The van der Waals surface area contributed by atoms with Gasteiger partial charge in [0.25, 0.3) is 0 Å². The largest absolute Gasteiger partial charge is 0.487 e. The molecule has 1 N–H and O–H groups in total. The number of aliphatic carboxylic acids is 1. The minimum atomic E-state index is -0.985. The van der Waals surface area contributed by atoms with E-state index in [4.69, 9.17) is 19.3 Å². The SMILES string of the molecule is CCCCCC(C)Oc1cc(C=CC(=O)O)cc(OC(C)CCCCC)c1OC(C)CCCCC. The molecule has 5 heteroatoms. The van der Waals surface area contributed by atoms with Gasteiger partial charge in [-0.05, 0) is 83.1 Å². The molecular formula is C30H50O5. The molecular weight excluding hydrogens is 440 g/mol. The monoisotopic (exact) mass is 490 g/mol. The lowest BCUT2D eigenvalue weighted by Crippen LogP contribution is -2.18. The zero-order chi connectivity index (χ0) is 26.1. The van der Waals surface area contributed by atoms with E-state index in [1.807, 2.05) is 12.1 Å². The van der Waals surface area contributed by atoms with Gasteiger partial charge in [0.1, 0.15) is 0 Å². The Labute approximate surface area is 214 Å². The predicted molar refractivity (Wildman–Crippen MR) is 146 cm³/mol. The average Bonchev–Trinajstić information content (AvgIpc) is 2.80. The predicted octanol–water partition coefficient (Wildman–Crippen LogP) is 8.83. The zero-order valence-corrected chi connectivity index (χ0v) is 23.1.